The number of nitriles is 1. The Morgan fingerprint density at radius 2 is 1.92 bits per heavy atom. The molecule has 0 fully saturated rings. The van der Waals surface area contributed by atoms with Gasteiger partial charge in [0.25, 0.3) is 5.91 Å². The summed E-state index contributed by atoms with van der Waals surface area (Å²) >= 11 is 1.40. The number of hydrogen-bond acceptors (Lipinski definition) is 3. The minimum atomic E-state index is -4.50. The largest absolute Gasteiger partial charge is 0.416 e. The average Bonchev–Trinajstić information content (AvgIpc) is 2.56. The quantitative estimate of drug-likeness (QED) is 0.612. The summed E-state index contributed by atoms with van der Waals surface area (Å²) < 4.78 is 38.2. The van der Waals surface area contributed by atoms with Gasteiger partial charge in [-0.1, -0.05) is 18.2 Å². The van der Waals surface area contributed by atoms with Crippen LogP contribution in [0.1, 0.15) is 22.3 Å². The first kappa shape index (κ1) is 17.9. The second kappa shape index (κ2) is 7.88. The molecule has 0 heterocycles. The molecule has 0 radical (unpaired) electrons. The number of anilines is 1. The molecule has 0 saturated carbocycles. The number of carbonyl (C=O) groups excluding carboxylic acids is 1. The third-order valence-electron chi connectivity index (χ3n) is 3.06. The maximum absolute atomic E-state index is 12.7. The molecule has 1 N–H and O–H groups in total. The van der Waals surface area contributed by atoms with E-state index in [1.165, 1.54) is 23.9 Å². The third-order valence-corrected chi connectivity index (χ3v) is 4.13. The van der Waals surface area contributed by atoms with Crippen LogP contribution in [0.4, 0.5) is 18.9 Å². The number of benzene rings is 2. The highest BCUT2D eigenvalue weighted by molar-refractivity contribution is 7.99. The summed E-state index contributed by atoms with van der Waals surface area (Å²) in [6.45, 7) is 0. The van der Waals surface area contributed by atoms with Gasteiger partial charge in [-0.25, -0.2) is 0 Å². The van der Waals surface area contributed by atoms with Crippen molar-refractivity contribution in [3.63, 3.8) is 0 Å². The predicted octanol–water partition coefficient (Wildman–Crippen LogP) is 4.96. The molecule has 2 rings (SSSR count). The van der Waals surface area contributed by atoms with Crippen LogP contribution in [0.25, 0.3) is 0 Å². The Kier molecular flexibility index (Phi) is 5.88. The van der Waals surface area contributed by atoms with Gasteiger partial charge in [0.1, 0.15) is 0 Å². The highest BCUT2D eigenvalue weighted by Gasteiger charge is 2.30. The zero-order valence-corrected chi connectivity index (χ0v) is 13.2. The molecule has 0 spiro atoms. The second-order valence-corrected chi connectivity index (χ2v) is 5.92. The number of rotatable bonds is 5. The Hall–Kier alpha value is -2.46. The van der Waals surface area contributed by atoms with Crippen LogP contribution in [0, 0.1) is 11.3 Å². The number of nitrogens with one attached hydrogen (secondary N) is 1. The molecular formula is C17H13F3N2OS. The number of thioether (sulfide) groups is 1. The van der Waals surface area contributed by atoms with Crippen LogP contribution in [0.5, 0.6) is 0 Å². The van der Waals surface area contributed by atoms with Gasteiger partial charge in [0.2, 0.25) is 0 Å². The Morgan fingerprint density at radius 1 is 1.17 bits per heavy atom. The number of para-hydroxylation sites is 1. The number of alkyl halides is 3. The Bertz CT molecular complexity index is 769. The molecule has 0 unspecified atom stereocenters. The lowest BCUT2D eigenvalue weighted by atomic mass is 10.1. The summed E-state index contributed by atoms with van der Waals surface area (Å²) in [5.41, 5.74) is -0.434. The number of hydrogen-bond donors (Lipinski definition) is 1. The fourth-order valence-electron chi connectivity index (χ4n) is 1.93. The van der Waals surface area contributed by atoms with Crippen molar-refractivity contribution in [3.05, 3.63) is 59.7 Å². The molecule has 3 nitrogen and oxygen atoms in total. The third kappa shape index (κ3) is 4.77. The first-order chi connectivity index (χ1) is 11.4. The van der Waals surface area contributed by atoms with Crippen molar-refractivity contribution < 1.29 is 18.0 Å². The van der Waals surface area contributed by atoms with Crippen molar-refractivity contribution in [2.24, 2.45) is 0 Å². The average molecular weight is 350 g/mol. The minimum absolute atomic E-state index is 0.0679. The van der Waals surface area contributed by atoms with Crippen molar-refractivity contribution in [1.29, 1.82) is 5.26 Å². The molecule has 0 aliphatic rings. The van der Waals surface area contributed by atoms with Crippen LogP contribution >= 0.6 is 11.8 Å². The fraction of sp³-hybridized carbons (Fsp3) is 0.176. The second-order valence-electron chi connectivity index (χ2n) is 4.79. The van der Waals surface area contributed by atoms with Crippen molar-refractivity contribution in [1.82, 2.24) is 0 Å². The number of carbonyl (C=O) groups is 1. The monoisotopic (exact) mass is 350 g/mol. The first-order valence-corrected chi connectivity index (χ1v) is 7.98. The van der Waals surface area contributed by atoms with Gasteiger partial charge < -0.3 is 5.32 Å². The van der Waals surface area contributed by atoms with Crippen molar-refractivity contribution in [2.75, 3.05) is 11.1 Å². The zero-order chi connectivity index (χ0) is 17.6. The molecule has 1 amide bonds. The van der Waals surface area contributed by atoms with E-state index in [0.29, 0.717) is 17.9 Å². The van der Waals surface area contributed by atoms with Crippen LogP contribution in [0.2, 0.25) is 0 Å². The van der Waals surface area contributed by atoms with Gasteiger partial charge in [0.15, 0.2) is 0 Å². The molecule has 0 aliphatic heterocycles. The number of amides is 1. The van der Waals surface area contributed by atoms with E-state index in [-0.39, 0.29) is 5.56 Å². The molecule has 0 aromatic heterocycles. The van der Waals surface area contributed by atoms with Crippen LogP contribution in [0.15, 0.2) is 53.4 Å². The first-order valence-electron chi connectivity index (χ1n) is 6.99. The highest BCUT2D eigenvalue weighted by Crippen LogP contribution is 2.30. The van der Waals surface area contributed by atoms with E-state index >= 15 is 0 Å². The van der Waals surface area contributed by atoms with E-state index < -0.39 is 17.6 Å². The van der Waals surface area contributed by atoms with Gasteiger partial charge in [-0.3, -0.25) is 4.79 Å². The lowest BCUT2D eigenvalue weighted by Gasteiger charge is -2.12. The number of nitrogens with zero attached hydrogens (tertiary/aromatic N) is 1. The molecule has 124 valence electrons. The Balaban J connectivity index is 2.17. The van der Waals surface area contributed by atoms with Gasteiger partial charge in [0.05, 0.1) is 17.3 Å². The van der Waals surface area contributed by atoms with Gasteiger partial charge >= 0.3 is 6.18 Å². The standard InChI is InChI=1S/C17H13F3N2OS/c18-17(19,20)13-6-3-5-12(11-13)16(23)22-14-7-1-2-8-15(14)24-10-4-9-21/h1-3,5-8,11H,4,10H2,(H,22,23). The van der Waals surface area contributed by atoms with Crippen LogP contribution in [-0.4, -0.2) is 11.7 Å². The topological polar surface area (TPSA) is 52.9 Å². The molecular weight excluding hydrogens is 337 g/mol. The zero-order valence-electron chi connectivity index (χ0n) is 12.4. The molecule has 7 heteroatoms. The lowest BCUT2D eigenvalue weighted by molar-refractivity contribution is -0.137. The van der Waals surface area contributed by atoms with Crippen LogP contribution in [-0.2, 0) is 6.18 Å². The summed E-state index contributed by atoms with van der Waals surface area (Å²) in [4.78, 5) is 13.0. The maximum Gasteiger partial charge on any atom is 0.416 e. The van der Waals surface area contributed by atoms with E-state index in [1.807, 2.05) is 6.07 Å². The van der Waals surface area contributed by atoms with E-state index in [0.717, 1.165) is 17.0 Å². The van der Waals surface area contributed by atoms with E-state index in [1.54, 1.807) is 24.3 Å². The van der Waals surface area contributed by atoms with Crippen molar-refractivity contribution in [2.45, 2.75) is 17.5 Å². The summed E-state index contributed by atoms with van der Waals surface area (Å²) in [6, 6.07) is 13.3. The minimum Gasteiger partial charge on any atom is -0.321 e. The van der Waals surface area contributed by atoms with Gasteiger partial charge in [-0.05, 0) is 30.3 Å². The highest BCUT2D eigenvalue weighted by atomic mass is 32.2. The summed E-state index contributed by atoms with van der Waals surface area (Å²) in [5, 5.41) is 11.2. The summed E-state index contributed by atoms with van der Waals surface area (Å²) in [7, 11) is 0. The smallest absolute Gasteiger partial charge is 0.321 e. The van der Waals surface area contributed by atoms with Crippen molar-refractivity contribution in [3.8, 4) is 6.07 Å². The summed E-state index contributed by atoms with van der Waals surface area (Å²) in [5.74, 6) is -0.0538. The SMILES string of the molecule is N#CCCSc1ccccc1NC(=O)c1cccc(C(F)(F)F)c1. The Labute approximate surface area is 141 Å². The van der Waals surface area contributed by atoms with Crippen LogP contribution < -0.4 is 5.32 Å². The van der Waals surface area contributed by atoms with Gasteiger partial charge in [0, 0.05) is 22.6 Å². The predicted molar refractivity (Wildman–Crippen MR) is 86.8 cm³/mol. The summed E-state index contributed by atoms with van der Waals surface area (Å²) in [6.07, 6.45) is -4.14. The van der Waals surface area contributed by atoms with Gasteiger partial charge in [-0.2, -0.15) is 18.4 Å². The van der Waals surface area contributed by atoms with Gasteiger partial charge in [-0.15, -0.1) is 11.8 Å². The van der Waals surface area contributed by atoms with E-state index in [4.69, 9.17) is 5.26 Å². The maximum atomic E-state index is 12.7. The lowest BCUT2D eigenvalue weighted by Crippen LogP contribution is -2.14. The molecule has 24 heavy (non-hydrogen) atoms. The Morgan fingerprint density at radius 3 is 2.62 bits per heavy atom. The fourth-order valence-corrected chi connectivity index (χ4v) is 2.80. The molecule has 0 aliphatic carbocycles. The van der Waals surface area contributed by atoms with Crippen molar-refractivity contribution >= 4 is 23.4 Å². The molecule has 0 bridgehead atoms. The van der Waals surface area contributed by atoms with Crippen LogP contribution in [0.3, 0.4) is 0 Å². The van der Waals surface area contributed by atoms with E-state index in [2.05, 4.69) is 5.32 Å². The molecule has 0 saturated heterocycles. The van der Waals surface area contributed by atoms with E-state index in [9.17, 15) is 18.0 Å². The molecule has 2 aromatic rings. The molecule has 2 aromatic carbocycles. The molecule has 0 atom stereocenters. The normalized spacial score (nSPS) is 10.9. The number of halogens is 3.